The molecule has 0 aromatic carbocycles. The molecule has 76 valence electrons. The fraction of sp³-hybridized carbons (Fsp3) is 0.833. The zero-order chi connectivity index (χ0) is 9.73. The van der Waals surface area contributed by atoms with Gasteiger partial charge < -0.3 is 5.11 Å². The van der Waals surface area contributed by atoms with Crippen LogP contribution in [0.4, 0.5) is 0 Å². The van der Waals surface area contributed by atoms with Crippen molar-refractivity contribution < 1.29 is 5.11 Å². The van der Waals surface area contributed by atoms with E-state index in [0.717, 1.165) is 25.2 Å². The van der Waals surface area contributed by atoms with Crippen molar-refractivity contribution in [3.63, 3.8) is 0 Å². The Morgan fingerprint density at radius 2 is 2.08 bits per heavy atom. The molecule has 1 aliphatic rings. The van der Waals surface area contributed by atoms with Gasteiger partial charge in [0, 0.05) is 0 Å². The van der Waals surface area contributed by atoms with Gasteiger partial charge in [0.1, 0.15) is 0 Å². The molecule has 0 radical (unpaired) electrons. The zero-order valence-electron chi connectivity index (χ0n) is 8.76. The molecular formula is C12H22O. The lowest BCUT2D eigenvalue weighted by molar-refractivity contribution is 0.0271. The van der Waals surface area contributed by atoms with Crippen LogP contribution >= 0.6 is 0 Å². The second kappa shape index (κ2) is 4.80. The highest BCUT2D eigenvalue weighted by Gasteiger charge is 2.26. The van der Waals surface area contributed by atoms with E-state index < -0.39 is 5.60 Å². The molecule has 0 spiro atoms. The van der Waals surface area contributed by atoms with Crippen LogP contribution in [0.2, 0.25) is 0 Å². The van der Waals surface area contributed by atoms with Crippen LogP contribution < -0.4 is 0 Å². The number of aliphatic hydroxyl groups is 1. The molecule has 13 heavy (non-hydrogen) atoms. The van der Waals surface area contributed by atoms with E-state index in [9.17, 15) is 5.11 Å². The molecule has 1 fully saturated rings. The first-order valence-corrected chi connectivity index (χ1v) is 5.47. The van der Waals surface area contributed by atoms with Crippen LogP contribution in [0.1, 0.15) is 51.9 Å². The quantitative estimate of drug-likeness (QED) is 0.647. The molecule has 0 bridgehead atoms. The van der Waals surface area contributed by atoms with E-state index in [1.807, 2.05) is 13.0 Å². The molecule has 1 aliphatic carbocycles. The van der Waals surface area contributed by atoms with Crippen LogP contribution in [0.15, 0.2) is 12.7 Å². The average molecular weight is 182 g/mol. The maximum absolute atomic E-state index is 10.1. The first-order valence-electron chi connectivity index (χ1n) is 5.47. The Bertz CT molecular complexity index is 155. The summed E-state index contributed by atoms with van der Waals surface area (Å²) < 4.78 is 0. The van der Waals surface area contributed by atoms with Crippen molar-refractivity contribution in [3.8, 4) is 0 Å². The fourth-order valence-corrected chi connectivity index (χ4v) is 2.35. The molecule has 1 unspecified atom stereocenters. The van der Waals surface area contributed by atoms with Gasteiger partial charge in [-0.1, -0.05) is 31.8 Å². The van der Waals surface area contributed by atoms with E-state index >= 15 is 0 Å². The van der Waals surface area contributed by atoms with E-state index in [-0.39, 0.29) is 0 Å². The predicted molar refractivity (Wildman–Crippen MR) is 56.6 cm³/mol. The van der Waals surface area contributed by atoms with Crippen LogP contribution in [0.5, 0.6) is 0 Å². The zero-order valence-corrected chi connectivity index (χ0v) is 8.76. The standard InChI is InChI=1S/C12H22O/c1-3-4-9-12(2,13)10-11-7-5-6-8-11/h3,11,13H,1,4-10H2,2H3. The lowest BCUT2D eigenvalue weighted by Gasteiger charge is -2.26. The van der Waals surface area contributed by atoms with Gasteiger partial charge in [-0.25, -0.2) is 0 Å². The Labute approximate surface area is 81.9 Å². The van der Waals surface area contributed by atoms with E-state index in [4.69, 9.17) is 0 Å². The molecule has 1 saturated carbocycles. The summed E-state index contributed by atoms with van der Waals surface area (Å²) in [5.74, 6) is 0.778. The molecule has 1 N–H and O–H groups in total. The van der Waals surface area contributed by atoms with Crippen molar-refractivity contribution >= 4 is 0 Å². The van der Waals surface area contributed by atoms with Gasteiger partial charge in [-0.05, 0) is 32.1 Å². The van der Waals surface area contributed by atoms with Crippen LogP contribution in [0.3, 0.4) is 0 Å². The number of allylic oxidation sites excluding steroid dienone is 1. The molecule has 1 rings (SSSR count). The Morgan fingerprint density at radius 1 is 1.46 bits per heavy atom. The molecule has 0 aromatic heterocycles. The van der Waals surface area contributed by atoms with E-state index in [0.29, 0.717) is 0 Å². The van der Waals surface area contributed by atoms with Gasteiger partial charge in [0.2, 0.25) is 0 Å². The largest absolute Gasteiger partial charge is 0.390 e. The first-order chi connectivity index (χ1) is 6.14. The van der Waals surface area contributed by atoms with E-state index in [1.165, 1.54) is 25.7 Å². The van der Waals surface area contributed by atoms with Gasteiger partial charge in [0.15, 0.2) is 0 Å². The van der Waals surface area contributed by atoms with Crippen LogP contribution in [-0.4, -0.2) is 10.7 Å². The summed E-state index contributed by atoms with van der Waals surface area (Å²) >= 11 is 0. The fourth-order valence-electron chi connectivity index (χ4n) is 2.35. The van der Waals surface area contributed by atoms with Gasteiger partial charge in [-0.2, -0.15) is 0 Å². The molecule has 0 aromatic rings. The molecular weight excluding hydrogens is 160 g/mol. The molecule has 0 saturated heterocycles. The van der Waals surface area contributed by atoms with Crippen LogP contribution in [0.25, 0.3) is 0 Å². The first kappa shape index (κ1) is 10.8. The normalized spacial score (nSPS) is 22.9. The summed E-state index contributed by atoms with van der Waals surface area (Å²) in [5.41, 5.74) is -0.455. The van der Waals surface area contributed by atoms with E-state index in [1.54, 1.807) is 0 Å². The van der Waals surface area contributed by atoms with Crippen molar-refractivity contribution in [3.05, 3.63) is 12.7 Å². The van der Waals surface area contributed by atoms with Crippen molar-refractivity contribution in [2.24, 2.45) is 5.92 Å². The summed E-state index contributed by atoms with van der Waals surface area (Å²) in [6.45, 7) is 5.65. The average Bonchev–Trinajstić information content (AvgIpc) is 2.52. The van der Waals surface area contributed by atoms with Crippen molar-refractivity contribution in [2.45, 2.75) is 57.5 Å². The topological polar surface area (TPSA) is 20.2 Å². The third-order valence-corrected chi connectivity index (χ3v) is 3.09. The number of rotatable bonds is 5. The molecule has 0 amide bonds. The maximum Gasteiger partial charge on any atom is 0.0625 e. The number of hydrogen-bond acceptors (Lipinski definition) is 1. The van der Waals surface area contributed by atoms with Gasteiger partial charge >= 0.3 is 0 Å². The molecule has 1 atom stereocenters. The van der Waals surface area contributed by atoms with Gasteiger partial charge in [0.25, 0.3) is 0 Å². The SMILES string of the molecule is C=CCCC(C)(O)CC1CCCC1. The molecule has 0 aliphatic heterocycles. The van der Waals surface area contributed by atoms with E-state index in [2.05, 4.69) is 6.58 Å². The minimum Gasteiger partial charge on any atom is -0.390 e. The predicted octanol–water partition coefficient (Wildman–Crippen LogP) is 3.28. The third-order valence-electron chi connectivity index (χ3n) is 3.09. The Hall–Kier alpha value is -0.300. The van der Waals surface area contributed by atoms with Gasteiger partial charge in [-0.15, -0.1) is 6.58 Å². The Morgan fingerprint density at radius 3 is 2.62 bits per heavy atom. The minimum absolute atomic E-state index is 0.455. The summed E-state index contributed by atoms with van der Waals surface area (Å²) in [6, 6.07) is 0. The van der Waals surface area contributed by atoms with Crippen molar-refractivity contribution in [2.75, 3.05) is 0 Å². The molecule has 1 heteroatoms. The lowest BCUT2D eigenvalue weighted by atomic mass is 9.87. The highest BCUT2D eigenvalue weighted by atomic mass is 16.3. The Kier molecular flexibility index (Phi) is 3.98. The highest BCUT2D eigenvalue weighted by molar-refractivity contribution is 4.82. The lowest BCUT2D eigenvalue weighted by Crippen LogP contribution is -2.26. The van der Waals surface area contributed by atoms with Gasteiger partial charge in [0.05, 0.1) is 5.60 Å². The van der Waals surface area contributed by atoms with Crippen molar-refractivity contribution in [1.82, 2.24) is 0 Å². The summed E-state index contributed by atoms with van der Waals surface area (Å²) in [7, 11) is 0. The molecule has 0 heterocycles. The Balaban J connectivity index is 2.26. The summed E-state index contributed by atoms with van der Waals surface area (Å²) in [6.07, 6.45) is 10.1. The smallest absolute Gasteiger partial charge is 0.0625 e. The monoisotopic (exact) mass is 182 g/mol. The minimum atomic E-state index is -0.455. The maximum atomic E-state index is 10.1. The second-order valence-electron chi connectivity index (χ2n) is 4.68. The summed E-state index contributed by atoms with van der Waals surface area (Å²) in [5, 5.41) is 10.1. The summed E-state index contributed by atoms with van der Waals surface area (Å²) in [4.78, 5) is 0. The number of hydrogen-bond donors (Lipinski definition) is 1. The molecule has 1 nitrogen and oxygen atoms in total. The van der Waals surface area contributed by atoms with Crippen LogP contribution in [-0.2, 0) is 0 Å². The second-order valence-corrected chi connectivity index (χ2v) is 4.68. The highest BCUT2D eigenvalue weighted by Crippen LogP contribution is 2.33. The van der Waals surface area contributed by atoms with Crippen molar-refractivity contribution in [1.29, 1.82) is 0 Å². The third kappa shape index (κ3) is 3.95. The van der Waals surface area contributed by atoms with Crippen LogP contribution in [0, 0.1) is 5.92 Å². The van der Waals surface area contributed by atoms with Gasteiger partial charge in [-0.3, -0.25) is 0 Å².